The van der Waals surface area contributed by atoms with Crippen LogP contribution in [-0.2, 0) is 19.1 Å². The van der Waals surface area contributed by atoms with Gasteiger partial charge < -0.3 is 20.1 Å². The number of esters is 2. The Morgan fingerprint density at radius 1 is 1.37 bits per heavy atom. The molecule has 0 radical (unpaired) electrons. The minimum atomic E-state index is -1.08. The number of amides is 1. The van der Waals surface area contributed by atoms with Crippen molar-refractivity contribution < 1.29 is 28.2 Å². The summed E-state index contributed by atoms with van der Waals surface area (Å²) in [4.78, 5) is 38.3. The van der Waals surface area contributed by atoms with Crippen LogP contribution in [0.5, 0.6) is 0 Å². The van der Waals surface area contributed by atoms with E-state index in [0.29, 0.717) is 24.9 Å². The lowest BCUT2D eigenvalue weighted by Crippen LogP contribution is -2.47. The van der Waals surface area contributed by atoms with Gasteiger partial charge in [0.05, 0.1) is 18.1 Å². The lowest BCUT2D eigenvalue weighted by Gasteiger charge is -2.33. The van der Waals surface area contributed by atoms with Gasteiger partial charge in [-0.3, -0.25) is 9.59 Å². The number of likely N-dealkylation sites (tertiary alicyclic amines) is 1. The van der Waals surface area contributed by atoms with Gasteiger partial charge in [-0.15, -0.1) is 0 Å². The number of nitrogens with two attached hydrogens (primary N) is 1. The molecule has 0 aromatic heterocycles. The van der Waals surface area contributed by atoms with Crippen molar-refractivity contribution in [3.63, 3.8) is 0 Å². The van der Waals surface area contributed by atoms with Gasteiger partial charge in [0.1, 0.15) is 5.82 Å². The van der Waals surface area contributed by atoms with E-state index in [9.17, 15) is 18.8 Å². The Morgan fingerprint density at radius 2 is 2.07 bits per heavy atom. The van der Waals surface area contributed by atoms with Gasteiger partial charge in [0.15, 0.2) is 6.10 Å². The molecule has 27 heavy (non-hydrogen) atoms. The fourth-order valence-electron chi connectivity index (χ4n) is 3.08. The van der Waals surface area contributed by atoms with Crippen molar-refractivity contribution in [3.8, 4) is 0 Å². The zero-order valence-electron chi connectivity index (χ0n) is 15.8. The molecule has 0 saturated carbocycles. The van der Waals surface area contributed by atoms with E-state index in [2.05, 4.69) is 0 Å². The molecule has 1 aromatic rings. The van der Waals surface area contributed by atoms with Gasteiger partial charge in [-0.25, -0.2) is 9.18 Å². The predicted molar refractivity (Wildman–Crippen MR) is 96.4 cm³/mol. The molecule has 2 N–H and O–H groups in total. The highest BCUT2D eigenvalue weighted by Crippen LogP contribution is 2.22. The van der Waals surface area contributed by atoms with Crippen LogP contribution in [0.15, 0.2) is 12.1 Å². The maximum absolute atomic E-state index is 13.6. The molecule has 1 aliphatic heterocycles. The molecular formula is C19H25FN2O5. The van der Waals surface area contributed by atoms with E-state index in [4.69, 9.17) is 15.2 Å². The molecule has 1 amide bonds. The average molecular weight is 380 g/mol. The Kier molecular flexibility index (Phi) is 6.76. The summed E-state index contributed by atoms with van der Waals surface area (Å²) in [6.07, 6.45) is 0.225. The van der Waals surface area contributed by atoms with Crippen LogP contribution in [0.3, 0.4) is 0 Å². The van der Waals surface area contributed by atoms with Gasteiger partial charge in [0.2, 0.25) is 0 Å². The van der Waals surface area contributed by atoms with E-state index in [0.717, 1.165) is 6.07 Å². The number of halogens is 1. The number of hydrogen-bond acceptors (Lipinski definition) is 6. The normalized spacial score (nSPS) is 17.9. The number of ether oxygens (including phenoxy) is 2. The minimum absolute atomic E-state index is 0.112. The molecule has 0 spiro atoms. The average Bonchev–Trinajstić information content (AvgIpc) is 2.64. The Balaban J connectivity index is 2.03. The zero-order valence-corrected chi connectivity index (χ0v) is 15.8. The third-order valence-electron chi connectivity index (χ3n) is 4.56. The Labute approximate surface area is 157 Å². The largest absolute Gasteiger partial charge is 0.466 e. The van der Waals surface area contributed by atoms with Crippen molar-refractivity contribution in [1.82, 2.24) is 4.90 Å². The van der Waals surface area contributed by atoms with Gasteiger partial charge in [-0.05, 0) is 51.3 Å². The van der Waals surface area contributed by atoms with Crippen molar-refractivity contribution >= 4 is 23.5 Å². The van der Waals surface area contributed by atoms with Gasteiger partial charge in [0, 0.05) is 18.8 Å². The number of rotatable bonds is 5. The summed E-state index contributed by atoms with van der Waals surface area (Å²) in [6.45, 7) is 5.72. The standard InChI is InChI=1S/C19H25FN2O5/c1-4-26-18(24)13-6-5-7-22(10-13)17(23)12(3)27-19(25)15-9-14(20)8-11(2)16(15)21/h8-9,12-13H,4-7,10,21H2,1-3H3/t12-,13+/m1/s1. The highest BCUT2D eigenvalue weighted by molar-refractivity contribution is 5.97. The van der Waals surface area contributed by atoms with E-state index >= 15 is 0 Å². The fourth-order valence-corrected chi connectivity index (χ4v) is 3.08. The second-order valence-electron chi connectivity index (χ2n) is 6.61. The van der Waals surface area contributed by atoms with E-state index < -0.39 is 23.8 Å². The molecule has 1 fully saturated rings. The minimum Gasteiger partial charge on any atom is -0.466 e. The summed E-state index contributed by atoms with van der Waals surface area (Å²) < 4.78 is 23.8. The summed E-state index contributed by atoms with van der Waals surface area (Å²) in [6, 6.07) is 2.20. The van der Waals surface area contributed by atoms with Gasteiger partial charge in [-0.2, -0.15) is 0 Å². The van der Waals surface area contributed by atoms with Crippen LogP contribution in [0, 0.1) is 18.7 Å². The van der Waals surface area contributed by atoms with Crippen molar-refractivity contribution in [3.05, 3.63) is 29.1 Å². The molecule has 1 aliphatic rings. The van der Waals surface area contributed by atoms with E-state index in [1.165, 1.54) is 17.9 Å². The third kappa shape index (κ3) is 4.96. The topological polar surface area (TPSA) is 98.9 Å². The highest BCUT2D eigenvalue weighted by Gasteiger charge is 2.32. The predicted octanol–water partition coefficient (Wildman–Crippen LogP) is 2.06. The van der Waals surface area contributed by atoms with E-state index in [1.807, 2.05) is 0 Å². The van der Waals surface area contributed by atoms with Crippen LogP contribution >= 0.6 is 0 Å². The Bertz CT molecular complexity index is 737. The summed E-state index contributed by atoms with van der Waals surface area (Å²) in [5.74, 6) is -2.60. The van der Waals surface area contributed by atoms with Crippen LogP contribution in [0.4, 0.5) is 10.1 Å². The first-order valence-electron chi connectivity index (χ1n) is 8.96. The van der Waals surface area contributed by atoms with Crippen LogP contribution in [-0.4, -0.2) is 48.5 Å². The maximum atomic E-state index is 13.6. The number of nitrogen functional groups attached to an aromatic ring is 1. The smallest absolute Gasteiger partial charge is 0.341 e. The number of nitrogens with zero attached hydrogens (tertiary/aromatic N) is 1. The Hall–Kier alpha value is -2.64. The first-order chi connectivity index (χ1) is 12.7. The molecule has 2 rings (SSSR count). The van der Waals surface area contributed by atoms with Crippen molar-refractivity contribution in [2.45, 2.75) is 39.7 Å². The molecule has 0 aliphatic carbocycles. The van der Waals surface area contributed by atoms with E-state index in [-0.39, 0.29) is 36.3 Å². The lowest BCUT2D eigenvalue weighted by molar-refractivity contribution is -0.152. The zero-order chi connectivity index (χ0) is 20.1. The molecule has 148 valence electrons. The van der Waals surface area contributed by atoms with Gasteiger partial charge >= 0.3 is 11.9 Å². The molecule has 0 bridgehead atoms. The van der Waals surface area contributed by atoms with Crippen molar-refractivity contribution in [1.29, 1.82) is 0 Å². The Morgan fingerprint density at radius 3 is 2.74 bits per heavy atom. The SMILES string of the molecule is CCOC(=O)[C@H]1CCCN(C(=O)[C@@H](C)OC(=O)c2cc(F)cc(C)c2N)C1. The lowest BCUT2D eigenvalue weighted by atomic mass is 9.98. The molecule has 8 heteroatoms. The third-order valence-corrected chi connectivity index (χ3v) is 4.56. The molecule has 1 aromatic carbocycles. The number of carbonyl (C=O) groups excluding carboxylic acids is 3. The van der Waals surface area contributed by atoms with Gasteiger partial charge in [0.25, 0.3) is 5.91 Å². The number of aryl methyl sites for hydroxylation is 1. The molecule has 1 heterocycles. The monoisotopic (exact) mass is 380 g/mol. The molecule has 1 saturated heterocycles. The summed E-state index contributed by atoms with van der Waals surface area (Å²) in [5.41, 5.74) is 6.22. The molecular weight excluding hydrogens is 355 g/mol. The summed E-state index contributed by atoms with van der Waals surface area (Å²) in [7, 11) is 0. The van der Waals surface area contributed by atoms with Crippen LogP contribution in [0.2, 0.25) is 0 Å². The maximum Gasteiger partial charge on any atom is 0.341 e. The molecule has 0 unspecified atom stereocenters. The fraction of sp³-hybridized carbons (Fsp3) is 0.526. The van der Waals surface area contributed by atoms with Crippen molar-refractivity contribution in [2.75, 3.05) is 25.4 Å². The summed E-state index contributed by atoms with van der Waals surface area (Å²) >= 11 is 0. The number of carbonyl (C=O) groups is 3. The second-order valence-corrected chi connectivity index (χ2v) is 6.61. The van der Waals surface area contributed by atoms with Crippen molar-refractivity contribution in [2.24, 2.45) is 5.92 Å². The number of hydrogen-bond donors (Lipinski definition) is 1. The van der Waals surface area contributed by atoms with Crippen LogP contribution < -0.4 is 5.73 Å². The summed E-state index contributed by atoms with van der Waals surface area (Å²) in [5, 5.41) is 0. The number of piperidine rings is 1. The van der Waals surface area contributed by atoms with Crippen LogP contribution in [0.1, 0.15) is 42.6 Å². The van der Waals surface area contributed by atoms with Gasteiger partial charge in [-0.1, -0.05) is 0 Å². The first kappa shape index (κ1) is 20.7. The quantitative estimate of drug-likeness (QED) is 0.620. The first-order valence-corrected chi connectivity index (χ1v) is 8.96. The van der Waals surface area contributed by atoms with Crippen LogP contribution in [0.25, 0.3) is 0 Å². The molecule has 2 atom stereocenters. The number of anilines is 1. The second kappa shape index (κ2) is 8.83. The van der Waals surface area contributed by atoms with E-state index in [1.54, 1.807) is 13.8 Å². The number of benzene rings is 1. The molecule has 7 nitrogen and oxygen atoms in total. The highest BCUT2D eigenvalue weighted by atomic mass is 19.1.